The standard InChI is InChI=1S/C24H25N3O8/c1-4-12(2)24(23(31)32)18-17(19(25-24)15-9-6-10-16(35-3)20(15)28)21(29)26(22(18)30)13-7-5-8-14(11-13)27(33)34/h5-12,17-19,25,28H,4H2,1-3H3,(H,31,32). The van der Waals surface area contributed by atoms with Gasteiger partial charge in [0.1, 0.15) is 5.54 Å². The number of hydrogen-bond acceptors (Lipinski definition) is 8. The lowest BCUT2D eigenvalue weighted by Crippen LogP contribution is -2.59. The van der Waals surface area contributed by atoms with Crippen molar-refractivity contribution in [2.24, 2.45) is 17.8 Å². The highest BCUT2D eigenvalue weighted by Crippen LogP contribution is 2.54. The number of amides is 2. The van der Waals surface area contributed by atoms with Crippen LogP contribution in [-0.4, -0.2) is 45.6 Å². The minimum absolute atomic E-state index is 0.0133. The van der Waals surface area contributed by atoms with Crippen molar-refractivity contribution in [3.8, 4) is 11.5 Å². The summed E-state index contributed by atoms with van der Waals surface area (Å²) in [4.78, 5) is 51.7. The van der Waals surface area contributed by atoms with Crippen LogP contribution >= 0.6 is 0 Å². The van der Waals surface area contributed by atoms with E-state index in [1.54, 1.807) is 19.9 Å². The molecule has 2 aliphatic rings. The van der Waals surface area contributed by atoms with Crippen LogP contribution in [0, 0.1) is 27.9 Å². The number of phenolic OH excluding ortho intramolecular Hbond substituents is 1. The lowest BCUT2D eigenvalue weighted by molar-refractivity contribution is -0.384. The van der Waals surface area contributed by atoms with Crippen molar-refractivity contribution in [3.05, 3.63) is 58.1 Å². The number of benzene rings is 2. The van der Waals surface area contributed by atoms with Crippen molar-refractivity contribution in [1.82, 2.24) is 5.32 Å². The zero-order valence-corrected chi connectivity index (χ0v) is 19.3. The summed E-state index contributed by atoms with van der Waals surface area (Å²) in [6.45, 7) is 3.46. The molecule has 2 saturated heterocycles. The molecule has 5 atom stereocenters. The van der Waals surface area contributed by atoms with Crippen molar-refractivity contribution in [2.45, 2.75) is 31.8 Å². The lowest BCUT2D eigenvalue weighted by atomic mass is 9.72. The molecule has 2 fully saturated rings. The van der Waals surface area contributed by atoms with E-state index in [4.69, 9.17) is 4.74 Å². The average Bonchev–Trinajstić information content (AvgIpc) is 3.33. The monoisotopic (exact) mass is 483 g/mol. The number of para-hydroxylation sites is 1. The quantitative estimate of drug-likeness (QED) is 0.306. The molecule has 2 heterocycles. The Bertz CT molecular complexity index is 1230. The molecule has 184 valence electrons. The number of nitro benzene ring substituents is 1. The normalized spacial score (nSPS) is 26.5. The number of nitro groups is 1. The summed E-state index contributed by atoms with van der Waals surface area (Å²) in [6.07, 6.45) is 0.387. The van der Waals surface area contributed by atoms with Crippen LogP contribution in [0.3, 0.4) is 0 Å². The Balaban J connectivity index is 1.92. The number of fused-ring (bicyclic) bond motifs is 1. The third-order valence-corrected chi connectivity index (χ3v) is 7.22. The molecule has 2 aliphatic heterocycles. The molecule has 4 rings (SSSR count). The molecular weight excluding hydrogens is 458 g/mol. The number of anilines is 1. The first-order valence-corrected chi connectivity index (χ1v) is 11.1. The molecule has 0 spiro atoms. The molecule has 0 saturated carbocycles. The molecule has 11 nitrogen and oxygen atoms in total. The Kier molecular flexibility index (Phi) is 5.97. The molecule has 0 aromatic heterocycles. The second-order valence-corrected chi connectivity index (χ2v) is 8.80. The summed E-state index contributed by atoms with van der Waals surface area (Å²) < 4.78 is 5.18. The fourth-order valence-corrected chi connectivity index (χ4v) is 5.35. The first-order chi connectivity index (χ1) is 16.6. The highest BCUT2D eigenvalue weighted by molar-refractivity contribution is 6.24. The van der Waals surface area contributed by atoms with Crippen LogP contribution in [-0.2, 0) is 14.4 Å². The number of nitrogens with one attached hydrogen (secondary N) is 1. The molecule has 11 heteroatoms. The predicted molar refractivity (Wildman–Crippen MR) is 123 cm³/mol. The maximum absolute atomic E-state index is 13.7. The number of rotatable bonds is 7. The molecule has 2 aromatic rings. The first-order valence-electron chi connectivity index (χ1n) is 11.1. The first kappa shape index (κ1) is 24.1. The Morgan fingerprint density at radius 2 is 1.94 bits per heavy atom. The van der Waals surface area contributed by atoms with Gasteiger partial charge in [0.25, 0.3) is 5.69 Å². The second-order valence-electron chi connectivity index (χ2n) is 8.80. The Labute approximate surface area is 200 Å². The van der Waals surface area contributed by atoms with Crippen LogP contribution in [0.4, 0.5) is 11.4 Å². The number of ether oxygens (including phenoxy) is 1. The lowest BCUT2D eigenvalue weighted by Gasteiger charge is -2.36. The predicted octanol–water partition coefficient (Wildman–Crippen LogP) is 2.63. The number of carbonyl (C=O) groups is 3. The summed E-state index contributed by atoms with van der Waals surface area (Å²) in [5.74, 6) is -5.97. The second kappa shape index (κ2) is 8.66. The summed E-state index contributed by atoms with van der Waals surface area (Å²) >= 11 is 0. The number of imide groups is 1. The van der Waals surface area contributed by atoms with E-state index in [1.165, 1.54) is 37.4 Å². The van der Waals surface area contributed by atoms with Crippen LogP contribution in [0.15, 0.2) is 42.5 Å². The largest absolute Gasteiger partial charge is 0.504 e. The number of aromatic hydroxyl groups is 1. The van der Waals surface area contributed by atoms with Gasteiger partial charge in [0.05, 0.1) is 29.6 Å². The van der Waals surface area contributed by atoms with Gasteiger partial charge in [-0.05, 0) is 18.1 Å². The van der Waals surface area contributed by atoms with E-state index in [9.17, 15) is 34.7 Å². The van der Waals surface area contributed by atoms with E-state index < -0.39 is 52.0 Å². The molecule has 2 amide bonds. The fourth-order valence-electron chi connectivity index (χ4n) is 5.35. The molecule has 0 aliphatic carbocycles. The number of non-ortho nitro benzene ring substituents is 1. The number of methoxy groups -OCH3 is 1. The van der Waals surface area contributed by atoms with Gasteiger partial charge in [-0.1, -0.05) is 38.5 Å². The van der Waals surface area contributed by atoms with Crippen LogP contribution < -0.4 is 15.0 Å². The van der Waals surface area contributed by atoms with Gasteiger partial charge in [-0.25, -0.2) is 4.90 Å². The average molecular weight is 483 g/mol. The van der Waals surface area contributed by atoms with Gasteiger partial charge in [0.2, 0.25) is 11.8 Å². The number of aliphatic carboxylic acids is 1. The van der Waals surface area contributed by atoms with E-state index >= 15 is 0 Å². The van der Waals surface area contributed by atoms with E-state index in [2.05, 4.69) is 5.32 Å². The summed E-state index contributed by atoms with van der Waals surface area (Å²) in [7, 11) is 1.36. The highest BCUT2D eigenvalue weighted by Gasteiger charge is 2.70. The molecule has 3 N–H and O–H groups in total. The van der Waals surface area contributed by atoms with Crippen LogP contribution in [0.5, 0.6) is 11.5 Å². The molecule has 5 unspecified atom stereocenters. The molecular formula is C24H25N3O8. The van der Waals surface area contributed by atoms with Gasteiger partial charge in [-0.15, -0.1) is 0 Å². The van der Waals surface area contributed by atoms with Crippen molar-refractivity contribution >= 4 is 29.2 Å². The topological polar surface area (TPSA) is 159 Å². The number of carboxylic acids is 1. The van der Waals surface area contributed by atoms with Gasteiger partial charge >= 0.3 is 5.97 Å². The number of hydrogen-bond donors (Lipinski definition) is 3. The Morgan fingerprint density at radius 3 is 2.54 bits per heavy atom. The van der Waals surface area contributed by atoms with Crippen LogP contribution in [0.1, 0.15) is 31.9 Å². The van der Waals surface area contributed by atoms with E-state index in [0.29, 0.717) is 6.42 Å². The molecule has 35 heavy (non-hydrogen) atoms. The number of nitrogens with zero attached hydrogens (tertiary/aromatic N) is 2. The summed E-state index contributed by atoms with van der Waals surface area (Å²) in [5.41, 5.74) is -1.93. The van der Waals surface area contributed by atoms with Crippen LogP contribution in [0.2, 0.25) is 0 Å². The van der Waals surface area contributed by atoms with E-state index in [-0.39, 0.29) is 28.4 Å². The molecule has 0 bridgehead atoms. The molecule has 2 aromatic carbocycles. The van der Waals surface area contributed by atoms with Gasteiger partial charge in [0.15, 0.2) is 11.5 Å². The van der Waals surface area contributed by atoms with E-state index in [1.807, 2.05) is 0 Å². The van der Waals surface area contributed by atoms with Crippen molar-refractivity contribution in [2.75, 3.05) is 12.0 Å². The van der Waals surface area contributed by atoms with Crippen molar-refractivity contribution in [3.63, 3.8) is 0 Å². The van der Waals surface area contributed by atoms with Crippen molar-refractivity contribution in [1.29, 1.82) is 0 Å². The summed E-state index contributed by atoms with van der Waals surface area (Å²) in [6, 6.07) is 8.69. The maximum Gasteiger partial charge on any atom is 0.325 e. The van der Waals surface area contributed by atoms with Gasteiger partial charge < -0.3 is 14.9 Å². The highest BCUT2D eigenvalue weighted by atomic mass is 16.6. The minimum atomic E-state index is -1.82. The SMILES string of the molecule is CCC(C)C1(C(=O)O)NC(c2cccc(OC)c2O)C2C(=O)N(c3cccc([N+](=O)[O-])c3)C(=O)C21. The number of phenols is 1. The zero-order valence-electron chi connectivity index (χ0n) is 19.3. The van der Waals surface area contributed by atoms with Gasteiger partial charge in [-0.2, -0.15) is 0 Å². The van der Waals surface area contributed by atoms with Crippen molar-refractivity contribution < 1.29 is 34.3 Å². The third kappa shape index (κ3) is 3.42. The van der Waals surface area contributed by atoms with E-state index in [0.717, 1.165) is 11.0 Å². The zero-order chi connectivity index (χ0) is 25.7. The van der Waals surface area contributed by atoms with Crippen LogP contribution in [0.25, 0.3) is 0 Å². The smallest absolute Gasteiger partial charge is 0.325 e. The minimum Gasteiger partial charge on any atom is -0.504 e. The maximum atomic E-state index is 13.7. The fraction of sp³-hybridized carbons (Fsp3) is 0.375. The molecule has 0 radical (unpaired) electrons. The third-order valence-electron chi connectivity index (χ3n) is 7.22. The van der Waals surface area contributed by atoms with Gasteiger partial charge in [-0.3, -0.25) is 29.8 Å². The number of carboxylic acid groups (broad SMARTS) is 1. The summed E-state index contributed by atoms with van der Waals surface area (Å²) in [5, 5.41) is 35.5. The number of carbonyl (C=O) groups excluding carboxylic acids is 2. The Hall–Kier alpha value is -3.99. The Morgan fingerprint density at radius 1 is 1.26 bits per heavy atom. The van der Waals surface area contributed by atoms with Gasteiger partial charge in [0, 0.05) is 23.7 Å².